The largest absolute Gasteiger partial charge is 0.481 e. The number of ether oxygens (including phenoxy) is 1. The topological polar surface area (TPSA) is 67.0 Å². The SMILES string of the molecule is C#CCOc1ccc2c(NC(=O)c3ccccc3)n[nH]c2c1. The Morgan fingerprint density at radius 3 is 2.86 bits per heavy atom. The first-order valence-electron chi connectivity index (χ1n) is 6.69. The molecule has 5 nitrogen and oxygen atoms in total. The Bertz CT molecular complexity index is 847. The van der Waals surface area contributed by atoms with Crippen LogP contribution in [0.15, 0.2) is 48.5 Å². The van der Waals surface area contributed by atoms with Crippen molar-refractivity contribution in [2.45, 2.75) is 0 Å². The van der Waals surface area contributed by atoms with E-state index in [9.17, 15) is 4.79 Å². The van der Waals surface area contributed by atoms with Gasteiger partial charge in [-0.1, -0.05) is 24.1 Å². The van der Waals surface area contributed by atoms with E-state index in [0.29, 0.717) is 17.1 Å². The summed E-state index contributed by atoms with van der Waals surface area (Å²) in [5, 5.41) is 10.6. The first-order valence-corrected chi connectivity index (χ1v) is 6.69. The number of aromatic nitrogens is 2. The van der Waals surface area contributed by atoms with Crippen molar-refractivity contribution in [3.8, 4) is 18.1 Å². The molecule has 0 saturated heterocycles. The van der Waals surface area contributed by atoms with Gasteiger partial charge in [0, 0.05) is 17.0 Å². The molecule has 5 heteroatoms. The van der Waals surface area contributed by atoms with Crippen molar-refractivity contribution in [3.05, 3.63) is 54.1 Å². The lowest BCUT2D eigenvalue weighted by atomic mass is 10.2. The first-order chi connectivity index (χ1) is 10.8. The van der Waals surface area contributed by atoms with Crippen molar-refractivity contribution in [1.82, 2.24) is 10.2 Å². The number of fused-ring (bicyclic) bond motifs is 1. The normalized spacial score (nSPS) is 10.1. The van der Waals surface area contributed by atoms with Crippen molar-refractivity contribution in [1.29, 1.82) is 0 Å². The van der Waals surface area contributed by atoms with Gasteiger partial charge in [0.1, 0.15) is 12.4 Å². The molecule has 0 radical (unpaired) electrons. The maximum absolute atomic E-state index is 12.2. The number of aromatic amines is 1. The highest BCUT2D eigenvalue weighted by Gasteiger charge is 2.11. The van der Waals surface area contributed by atoms with E-state index in [-0.39, 0.29) is 12.5 Å². The van der Waals surface area contributed by atoms with Crippen LogP contribution in [-0.2, 0) is 0 Å². The quantitative estimate of drug-likeness (QED) is 0.726. The van der Waals surface area contributed by atoms with Crippen molar-refractivity contribution in [3.63, 3.8) is 0 Å². The zero-order chi connectivity index (χ0) is 15.4. The van der Waals surface area contributed by atoms with E-state index in [1.165, 1.54) is 0 Å². The number of nitrogens with zero attached hydrogens (tertiary/aromatic N) is 1. The molecule has 3 rings (SSSR count). The van der Waals surface area contributed by atoms with Gasteiger partial charge >= 0.3 is 0 Å². The Morgan fingerprint density at radius 2 is 2.09 bits per heavy atom. The molecule has 0 spiro atoms. The summed E-state index contributed by atoms with van der Waals surface area (Å²) in [6, 6.07) is 14.4. The third kappa shape index (κ3) is 2.76. The fraction of sp³-hybridized carbons (Fsp3) is 0.0588. The molecule has 1 amide bonds. The second-order valence-corrected chi connectivity index (χ2v) is 4.59. The minimum absolute atomic E-state index is 0.206. The Labute approximate surface area is 127 Å². The molecule has 0 unspecified atom stereocenters. The number of anilines is 1. The van der Waals surface area contributed by atoms with Crippen LogP contribution < -0.4 is 10.1 Å². The summed E-state index contributed by atoms with van der Waals surface area (Å²) in [6.07, 6.45) is 5.16. The van der Waals surface area contributed by atoms with E-state index in [1.54, 1.807) is 24.3 Å². The second kappa shape index (κ2) is 6.02. The average Bonchev–Trinajstić information content (AvgIpc) is 2.96. The van der Waals surface area contributed by atoms with Crippen LogP contribution in [0.25, 0.3) is 10.9 Å². The second-order valence-electron chi connectivity index (χ2n) is 4.59. The van der Waals surface area contributed by atoms with E-state index in [1.807, 2.05) is 24.3 Å². The van der Waals surface area contributed by atoms with E-state index in [2.05, 4.69) is 21.4 Å². The summed E-state index contributed by atoms with van der Waals surface area (Å²) in [6.45, 7) is 0.206. The predicted octanol–water partition coefficient (Wildman–Crippen LogP) is 2.83. The number of hydrogen-bond acceptors (Lipinski definition) is 3. The van der Waals surface area contributed by atoms with E-state index >= 15 is 0 Å². The van der Waals surface area contributed by atoms with Crippen LogP contribution in [0.4, 0.5) is 5.82 Å². The number of benzene rings is 2. The van der Waals surface area contributed by atoms with E-state index < -0.39 is 0 Å². The molecule has 0 bridgehead atoms. The maximum atomic E-state index is 12.2. The van der Waals surface area contributed by atoms with Crippen molar-refractivity contribution in [2.24, 2.45) is 0 Å². The molecule has 0 atom stereocenters. The fourth-order valence-corrected chi connectivity index (χ4v) is 2.08. The molecular weight excluding hydrogens is 278 g/mol. The lowest BCUT2D eigenvalue weighted by molar-refractivity contribution is 0.102. The number of H-pyrrole nitrogens is 1. The van der Waals surface area contributed by atoms with Crippen molar-refractivity contribution in [2.75, 3.05) is 11.9 Å². The highest BCUT2D eigenvalue weighted by Crippen LogP contribution is 2.25. The van der Waals surface area contributed by atoms with Gasteiger partial charge in [0.15, 0.2) is 5.82 Å². The molecule has 3 aromatic rings. The summed E-state index contributed by atoms with van der Waals surface area (Å²) < 4.78 is 5.35. The number of amides is 1. The van der Waals surface area contributed by atoms with Gasteiger partial charge in [0.25, 0.3) is 5.91 Å². The van der Waals surface area contributed by atoms with Crippen LogP contribution >= 0.6 is 0 Å². The molecule has 1 heterocycles. The fourth-order valence-electron chi connectivity index (χ4n) is 2.08. The number of rotatable bonds is 4. The van der Waals surface area contributed by atoms with Gasteiger partial charge in [0.05, 0.1) is 5.52 Å². The van der Waals surface area contributed by atoms with Crippen LogP contribution in [0.3, 0.4) is 0 Å². The molecule has 1 aromatic heterocycles. The molecule has 0 saturated carbocycles. The lowest BCUT2D eigenvalue weighted by Gasteiger charge is -2.03. The summed E-state index contributed by atoms with van der Waals surface area (Å²) in [7, 11) is 0. The van der Waals surface area contributed by atoms with Crippen LogP contribution in [0.5, 0.6) is 5.75 Å². The number of nitrogens with one attached hydrogen (secondary N) is 2. The van der Waals surface area contributed by atoms with Gasteiger partial charge in [-0.15, -0.1) is 6.42 Å². The zero-order valence-corrected chi connectivity index (χ0v) is 11.7. The smallest absolute Gasteiger partial charge is 0.256 e. The highest BCUT2D eigenvalue weighted by atomic mass is 16.5. The molecule has 0 fully saturated rings. The molecule has 0 aliphatic carbocycles. The van der Waals surface area contributed by atoms with Gasteiger partial charge in [-0.05, 0) is 24.3 Å². The molecule has 22 heavy (non-hydrogen) atoms. The van der Waals surface area contributed by atoms with Crippen LogP contribution in [-0.4, -0.2) is 22.7 Å². The van der Waals surface area contributed by atoms with Gasteiger partial charge in [-0.3, -0.25) is 9.89 Å². The van der Waals surface area contributed by atoms with Crippen LogP contribution in [0.1, 0.15) is 10.4 Å². The Morgan fingerprint density at radius 1 is 1.27 bits per heavy atom. The highest BCUT2D eigenvalue weighted by molar-refractivity contribution is 6.07. The van der Waals surface area contributed by atoms with Gasteiger partial charge < -0.3 is 10.1 Å². The zero-order valence-electron chi connectivity index (χ0n) is 11.7. The summed E-state index contributed by atoms with van der Waals surface area (Å²) in [4.78, 5) is 12.2. The van der Waals surface area contributed by atoms with Crippen molar-refractivity contribution >= 4 is 22.6 Å². The van der Waals surface area contributed by atoms with E-state index in [0.717, 1.165) is 10.9 Å². The lowest BCUT2D eigenvalue weighted by Crippen LogP contribution is -2.12. The molecular formula is C17H13N3O2. The Balaban J connectivity index is 1.83. The molecule has 108 valence electrons. The van der Waals surface area contributed by atoms with Crippen LogP contribution in [0, 0.1) is 12.3 Å². The molecule has 2 aromatic carbocycles. The number of hydrogen-bond donors (Lipinski definition) is 2. The third-order valence-corrected chi connectivity index (χ3v) is 3.12. The molecule has 0 aliphatic heterocycles. The molecule has 0 aliphatic rings. The monoisotopic (exact) mass is 291 g/mol. The van der Waals surface area contributed by atoms with Gasteiger partial charge in [-0.25, -0.2) is 0 Å². The molecule has 2 N–H and O–H groups in total. The number of carbonyl (C=O) groups is 1. The summed E-state index contributed by atoms with van der Waals surface area (Å²) in [5.41, 5.74) is 1.34. The number of carbonyl (C=O) groups excluding carboxylic acids is 1. The van der Waals surface area contributed by atoms with E-state index in [4.69, 9.17) is 11.2 Å². The van der Waals surface area contributed by atoms with Crippen LogP contribution in [0.2, 0.25) is 0 Å². The number of terminal acetylenes is 1. The Hall–Kier alpha value is -3.26. The summed E-state index contributed by atoms with van der Waals surface area (Å²) in [5.74, 6) is 3.33. The average molecular weight is 291 g/mol. The minimum Gasteiger partial charge on any atom is -0.481 e. The van der Waals surface area contributed by atoms with Gasteiger partial charge in [0.2, 0.25) is 0 Å². The van der Waals surface area contributed by atoms with Gasteiger partial charge in [-0.2, -0.15) is 5.10 Å². The first kappa shape index (κ1) is 13.7. The third-order valence-electron chi connectivity index (χ3n) is 3.12. The standard InChI is InChI=1S/C17H13N3O2/c1-2-10-22-13-8-9-14-15(11-13)19-20-16(14)18-17(21)12-6-4-3-5-7-12/h1,3-9,11H,10H2,(H2,18,19,20,21). The predicted molar refractivity (Wildman–Crippen MR) is 84.8 cm³/mol. The minimum atomic E-state index is -0.207. The maximum Gasteiger partial charge on any atom is 0.256 e. The van der Waals surface area contributed by atoms with Crippen molar-refractivity contribution < 1.29 is 9.53 Å². The summed E-state index contributed by atoms with van der Waals surface area (Å²) >= 11 is 0. The Kier molecular flexibility index (Phi) is 3.75.